The number of fused-ring (bicyclic) bond motifs is 1. The van der Waals surface area contributed by atoms with Gasteiger partial charge in [-0.05, 0) is 25.0 Å². The average Bonchev–Trinajstić information content (AvgIpc) is 2.73. The first-order chi connectivity index (χ1) is 10.4. The number of rotatable bonds is 5. The standard InChI is InChI=1S/C16H18N2O4/c1-10-6-4-7-11-13(10)16(22)18(14(11)20)12(8-5-9-19)15(21)17(2)3/h4,6-7,9,12H,5,8H2,1-3H3. The summed E-state index contributed by atoms with van der Waals surface area (Å²) in [5.41, 5.74) is 1.35. The van der Waals surface area contributed by atoms with E-state index in [1.54, 1.807) is 39.2 Å². The lowest BCUT2D eigenvalue weighted by Gasteiger charge is -2.27. The zero-order valence-electron chi connectivity index (χ0n) is 12.8. The van der Waals surface area contributed by atoms with Gasteiger partial charge >= 0.3 is 0 Å². The number of carbonyl (C=O) groups excluding carboxylic acids is 4. The number of likely N-dealkylation sites (N-methyl/N-ethyl adjacent to an activating group) is 1. The lowest BCUT2D eigenvalue weighted by atomic mass is 10.0. The summed E-state index contributed by atoms with van der Waals surface area (Å²) >= 11 is 0. The molecule has 22 heavy (non-hydrogen) atoms. The van der Waals surface area contributed by atoms with E-state index in [4.69, 9.17) is 0 Å². The van der Waals surface area contributed by atoms with Crippen molar-refractivity contribution in [2.75, 3.05) is 14.1 Å². The van der Waals surface area contributed by atoms with E-state index in [0.29, 0.717) is 23.0 Å². The van der Waals surface area contributed by atoms with Gasteiger partial charge in [-0.1, -0.05) is 12.1 Å². The lowest BCUT2D eigenvalue weighted by Crippen LogP contribution is -2.49. The highest BCUT2D eigenvalue weighted by atomic mass is 16.2. The van der Waals surface area contributed by atoms with Crippen molar-refractivity contribution < 1.29 is 19.2 Å². The Balaban J connectivity index is 2.44. The molecule has 0 saturated carbocycles. The van der Waals surface area contributed by atoms with Crippen LogP contribution in [0, 0.1) is 6.92 Å². The summed E-state index contributed by atoms with van der Waals surface area (Å²) in [5.74, 6) is -1.31. The first-order valence-electron chi connectivity index (χ1n) is 7.02. The van der Waals surface area contributed by atoms with Crippen LogP contribution in [0.5, 0.6) is 0 Å². The second kappa shape index (κ2) is 6.09. The first kappa shape index (κ1) is 15.9. The van der Waals surface area contributed by atoms with E-state index in [1.807, 2.05) is 0 Å². The first-order valence-corrected chi connectivity index (χ1v) is 7.02. The van der Waals surface area contributed by atoms with Crippen molar-refractivity contribution in [1.82, 2.24) is 9.80 Å². The third-order valence-electron chi connectivity index (χ3n) is 3.75. The number of nitrogens with zero attached hydrogens (tertiary/aromatic N) is 2. The highest BCUT2D eigenvalue weighted by molar-refractivity contribution is 6.23. The van der Waals surface area contributed by atoms with Crippen LogP contribution in [-0.4, -0.2) is 53.9 Å². The van der Waals surface area contributed by atoms with E-state index in [-0.39, 0.29) is 18.7 Å². The molecule has 0 bridgehead atoms. The largest absolute Gasteiger partial charge is 0.347 e. The van der Waals surface area contributed by atoms with E-state index in [9.17, 15) is 19.2 Å². The maximum absolute atomic E-state index is 12.6. The van der Waals surface area contributed by atoms with Crippen molar-refractivity contribution in [3.05, 3.63) is 34.9 Å². The van der Waals surface area contributed by atoms with E-state index in [1.165, 1.54) is 4.90 Å². The van der Waals surface area contributed by atoms with E-state index in [0.717, 1.165) is 4.90 Å². The number of benzene rings is 1. The van der Waals surface area contributed by atoms with Gasteiger partial charge in [0.05, 0.1) is 11.1 Å². The molecule has 0 saturated heterocycles. The van der Waals surface area contributed by atoms with Crippen LogP contribution in [0.1, 0.15) is 39.1 Å². The molecule has 0 radical (unpaired) electrons. The van der Waals surface area contributed by atoms with Crippen molar-refractivity contribution in [2.24, 2.45) is 0 Å². The summed E-state index contributed by atoms with van der Waals surface area (Å²) in [6.07, 6.45) is 0.918. The molecule has 0 aliphatic carbocycles. The van der Waals surface area contributed by atoms with Gasteiger partial charge in [0, 0.05) is 20.5 Å². The molecule has 3 amide bonds. The Hall–Kier alpha value is -2.50. The van der Waals surface area contributed by atoms with Crippen LogP contribution in [0.3, 0.4) is 0 Å². The Labute approximate surface area is 128 Å². The minimum absolute atomic E-state index is 0.108. The molecule has 1 aromatic carbocycles. The van der Waals surface area contributed by atoms with E-state index >= 15 is 0 Å². The molecule has 6 heteroatoms. The topological polar surface area (TPSA) is 74.8 Å². The zero-order valence-corrected chi connectivity index (χ0v) is 12.8. The SMILES string of the molecule is Cc1cccc2c1C(=O)N(C(CCC=O)C(=O)N(C)C)C2=O. The van der Waals surface area contributed by atoms with Crippen LogP contribution in [0.4, 0.5) is 0 Å². The van der Waals surface area contributed by atoms with Gasteiger partial charge in [0.2, 0.25) is 5.91 Å². The van der Waals surface area contributed by atoms with E-state index < -0.39 is 17.9 Å². The second-order valence-electron chi connectivity index (χ2n) is 5.47. The molecule has 0 spiro atoms. The van der Waals surface area contributed by atoms with Gasteiger partial charge in [0.1, 0.15) is 12.3 Å². The Morgan fingerprint density at radius 1 is 1.27 bits per heavy atom. The molecule has 116 valence electrons. The summed E-state index contributed by atoms with van der Waals surface area (Å²) in [5, 5.41) is 0. The van der Waals surface area contributed by atoms with Gasteiger partial charge in [-0.3, -0.25) is 19.3 Å². The van der Waals surface area contributed by atoms with Crippen LogP contribution in [0.2, 0.25) is 0 Å². The maximum Gasteiger partial charge on any atom is 0.262 e. The van der Waals surface area contributed by atoms with Crippen molar-refractivity contribution in [2.45, 2.75) is 25.8 Å². The molecule has 0 fully saturated rings. The molecule has 6 nitrogen and oxygen atoms in total. The third-order valence-corrected chi connectivity index (χ3v) is 3.75. The fourth-order valence-corrected chi connectivity index (χ4v) is 2.64. The number of amides is 3. The molecular weight excluding hydrogens is 284 g/mol. The van der Waals surface area contributed by atoms with Crippen molar-refractivity contribution in [3.63, 3.8) is 0 Å². The predicted molar refractivity (Wildman–Crippen MR) is 79.5 cm³/mol. The molecular formula is C16H18N2O4. The van der Waals surface area contributed by atoms with Crippen LogP contribution < -0.4 is 0 Å². The quantitative estimate of drug-likeness (QED) is 0.601. The molecule has 1 heterocycles. The summed E-state index contributed by atoms with van der Waals surface area (Å²) in [6.45, 7) is 1.75. The fourth-order valence-electron chi connectivity index (χ4n) is 2.64. The maximum atomic E-state index is 12.6. The fraction of sp³-hybridized carbons (Fsp3) is 0.375. The number of hydrogen-bond acceptors (Lipinski definition) is 4. The average molecular weight is 302 g/mol. The smallest absolute Gasteiger partial charge is 0.262 e. The molecule has 1 atom stereocenters. The molecule has 1 unspecified atom stereocenters. The van der Waals surface area contributed by atoms with E-state index in [2.05, 4.69) is 0 Å². The van der Waals surface area contributed by atoms with Crippen molar-refractivity contribution >= 4 is 24.0 Å². The van der Waals surface area contributed by atoms with Gasteiger partial charge < -0.3 is 9.69 Å². The number of aldehydes is 1. The second-order valence-corrected chi connectivity index (χ2v) is 5.47. The predicted octanol–water partition coefficient (Wildman–Crippen LogP) is 1.03. The molecule has 2 rings (SSSR count). The van der Waals surface area contributed by atoms with Gasteiger partial charge in [0.15, 0.2) is 0 Å². The molecule has 0 aromatic heterocycles. The molecule has 1 aliphatic rings. The summed E-state index contributed by atoms with van der Waals surface area (Å²) in [7, 11) is 3.11. The highest BCUT2D eigenvalue weighted by Crippen LogP contribution is 2.28. The van der Waals surface area contributed by atoms with Gasteiger partial charge in [-0.25, -0.2) is 0 Å². The third kappa shape index (κ3) is 2.52. The Morgan fingerprint density at radius 2 is 1.95 bits per heavy atom. The monoisotopic (exact) mass is 302 g/mol. The zero-order chi connectivity index (χ0) is 16.4. The van der Waals surface area contributed by atoms with Crippen molar-refractivity contribution in [3.8, 4) is 0 Å². The van der Waals surface area contributed by atoms with Crippen molar-refractivity contribution in [1.29, 1.82) is 0 Å². The normalized spacial score (nSPS) is 14.8. The van der Waals surface area contributed by atoms with Crippen LogP contribution in [0.25, 0.3) is 0 Å². The molecule has 1 aromatic rings. The molecule has 1 aliphatic heterocycles. The minimum atomic E-state index is -0.952. The Kier molecular flexibility index (Phi) is 4.40. The summed E-state index contributed by atoms with van der Waals surface area (Å²) in [4.78, 5) is 50.4. The molecule has 0 N–H and O–H groups in total. The van der Waals surface area contributed by atoms with Gasteiger partial charge in [0.25, 0.3) is 11.8 Å². The van der Waals surface area contributed by atoms with Crippen LogP contribution in [-0.2, 0) is 9.59 Å². The number of aryl methyl sites for hydroxylation is 1. The highest BCUT2D eigenvalue weighted by Gasteiger charge is 2.43. The Morgan fingerprint density at radius 3 is 2.50 bits per heavy atom. The number of imide groups is 1. The number of hydrogen-bond donors (Lipinski definition) is 0. The minimum Gasteiger partial charge on any atom is -0.347 e. The lowest BCUT2D eigenvalue weighted by molar-refractivity contribution is -0.133. The summed E-state index contributed by atoms with van der Waals surface area (Å²) in [6, 6.07) is 4.09. The van der Waals surface area contributed by atoms with Gasteiger partial charge in [-0.2, -0.15) is 0 Å². The van der Waals surface area contributed by atoms with Crippen LogP contribution >= 0.6 is 0 Å². The van der Waals surface area contributed by atoms with Crippen LogP contribution in [0.15, 0.2) is 18.2 Å². The van der Waals surface area contributed by atoms with Gasteiger partial charge in [-0.15, -0.1) is 0 Å². The number of carbonyl (C=O) groups is 4. The Bertz CT molecular complexity index is 652. The summed E-state index contributed by atoms with van der Waals surface area (Å²) < 4.78 is 0.